The van der Waals surface area contributed by atoms with E-state index in [0.29, 0.717) is 5.56 Å². The van der Waals surface area contributed by atoms with Crippen LogP contribution in [0.3, 0.4) is 0 Å². The van der Waals surface area contributed by atoms with Gasteiger partial charge in [-0.05, 0) is 53.5 Å². The first-order valence-electron chi connectivity index (χ1n) is 10.4. The van der Waals surface area contributed by atoms with E-state index in [-0.39, 0.29) is 5.91 Å². The Kier molecular flexibility index (Phi) is 4.85. The maximum atomic E-state index is 13.0. The zero-order chi connectivity index (χ0) is 20.5. The lowest BCUT2D eigenvalue weighted by molar-refractivity contribution is 0.102. The van der Waals surface area contributed by atoms with Crippen molar-refractivity contribution in [2.75, 3.05) is 43.4 Å². The minimum Gasteiger partial charge on any atom is -0.368 e. The fraction of sp³-hybridized carbons (Fsp3) is 0.192. The van der Waals surface area contributed by atoms with Crippen LogP contribution in [0.1, 0.15) is 10.4 Å². The first-order chi connectivity index (χ1) is 14.7. The molecule has 5 rings (SSSR count). The summed E-state index contributed by atoms with van der Waals surface area (Å²) in [5, 5.41) is 7.64. The van der Waals surface area contributed by atoms with Gasteiger partial charge in [-0.2, -0.15) is 0 Å². The van der Waals surface area contributed by atoms with Gasteiger partial charge in [0.15, 0.2) is 0 Å². The van der Waals surface area contributed by atoms with E-state index in [4.69, 9.17) is 0 Å². The highest BCUT2D eigenvalue weighted by Gasteiger charge is 2.17. The van der Waals surface area contributed by atoms with Gasteiger partial charge in [-0.1, -0.05) is 48.5 Å². The van der Waals surface area contributed by atoms with Crippen molar-refractivity contribution in [3.63, 3.8) is 0 Å². The molecule has 4 nitrogen and oxygen atoms in total. The SMILES string of the molecule is CN1CCN(c2cccc3ccc(C(=O)Nc4ccc5ccccc5c4)cc23)CC1. The van der Waals surface area contributed by atoms with Crippen LogP contribution in [0.4, 0.5) is 11.4 Å². The summed E-state index contributed by atoms with van der Waals surface area (Å²) in [6.45, 7) is 4.11. The number of likely N-dealkylation sites (N-methyl/N-ethyl adjacent to an activating group) is 1. The molecule has 4 heteroatoms. The van der Waals surface area contributed by atoms with Crippen LogP contribution >= 0.6 is 0 Å². The number of carbonyl (C=O) groups excluding carboxylic acids is 1. The number of rotatable bonds is 3. The Labute approximate surface area is 176 Å². The highest BCUT2D eigenvalue weighted by Crippen LogP contribution is 2.29. The van der Waals surface area contributed by atoms with Crippen molar-refractivity contribution in [1.29, 1.82) is 0 Å². The third kappa shape index (κ3) is 3.62. The summed E-state index contributed by atoms with van der Waals surface area (Å²) in [7, 11) is 2.16. The summed E-state index contributed by atoms with van der Waals surface area (Å²) in [5.41, 5.74) is 2.70. The van der Waals surface area contributed by atoms with Gasteiger partial charge >= 0.3 is 0 Å². The van der Waals surface area contributed by atoms with Crippen molar-refractivity contribution in [2.24, 2.45) is 0 Å². The standard InChI is InChI=1S/C26H25N3O/c1-28-13-15-29(16-14-28)25-8-4-7-20-9-10-22(18-24(20)25)26(30)27-23-12-11-19-5-2-3-6-21(19)17-23/h2-12,17-18H,13-16H2,1H3,(H,27,30). The third-order valence-electron chi connectivity index (χ3n) is 5.97. The average molecular weight is 396 g/mol. The maximum absolute atomic E-state index is 13.0. The molecule has 150 valence electrons. The molecule has 1 fully saturated rings. The largest absolute Gasteiger partial charge is 0.368 e. The minimum absolute atomic E-state index is 0.0830. The lowest BCUT2D eigenvalue weighted by Gasteiger charge is -2.34. The average Bonchev–Trinajstić information content (AvgIpc) is 2.79. The number of fused-ring (bicyclic) bond motifs is 2. The van der Waals surface area contributed by atoms with Gasteiger partial charge in [0.25, 0.3) is 5.91 Å². The Bertz CT molecular complexity index is 1230. The highest BCUT2D eigenvalue weighted by atomic mass is 16.1. The van der Waals surface area contributed by atoms with E-state index in [9.17, 15) is 4.79 Å². The van der Waals surface area contributed by atoms with Gasteiger partial charge in [0.2, 0.25) is 0 Å². The highest BCUT2D eigenvalue weighted by molar-refractivity contribution is 6.08. The molecule has 1 aliphatic rings. The fourth-order valence-electron chi connectivity index (χ4n) is 4.19. The summed E-state index contributed by atoms with van der Waals surface area (Å²) in [6.07, 6.45) is 0. The normalized spacial score (nSPS) is 14.9. The Morgan fingerprint density at radius 2 is 1.50 bits per heavy atom. The number of nitrogens with one attached hydrogen (secondary N) is 1. The lowest BCUT2D eigenvalue weighted by Crippen LogP contribution is -2.44. The first-order valence-corrected chi connectivity index (χ1v) is 10.4. The molecule has 1 N–H and O–H groups in total. The molecule has 0 aromatic heterocycles. The number of hydrogen-bond acceptors (Lipinski definition) is 3. The van der Waals surface area contributed by atoms with Crippen LogP contribution < -0.4 is 10.2 Å². The summed E-state index contributed by atoms with van der Waals surface area (Å²) in [4.78, 5) is 17.8. The van der Waals surface area contributed by atoms with Crippen molar-refractivity contribution in [3.8, 4) is 0 Å². The molecule has 1 heterocycles. The van der Waals surface area contributed by atoms with Crippen LogP contribution in [-0.2, 0) is 0 Å². The summed E-state index contributed by atoms with van der Waals surface area (Å²) in [6, 6.07) is 26.5. The fourth-order valence-corrected chi connectivity index (χ4v) is 4.19. The van der Waals surface area contributed by atoms with Gasteiger partial charge in [-0.3, -0.25) is 4.79 Å². The second-order valence-corrected chi connectivity index (χ2v) is 8.02. The predicted molar refractivity (Wildman–Crippen MR) is 126 cm³/mol. The molecule has 30 heavy (non-hydrogen) atoms. The van der Waals surface area contributed by atoms with Gasteiger partial charge in [0.1, 0.15) is 0 Å². The second-order valence-electron chi connectivity index (χ2n) is 8.02. The van der Waals surface area contributed by atoms with Gasteiger partial charge in [0, 0.05) is 48.5 Å². The van der Waals surface area contributed by atoms with Crippen molar-refractivity contribution in [1.82, 2.24) is 4.90 Å². The number of hydrogen-bond donors (Lipinski definition) is 1. The van der Waals surface area contributed by atoms with E-state index in [2.05, 4.69) is 52.5 Å². The molecule has 0 spiro atoms. The molecule has 0 saturated carbocycles. The molecule has 1 aliphatic heterocycles. The van der Waals surface area contributed by atoms with Crippen LogP contribution in [0, 0.1) is 0 Å². The third-order valence-corrected chi connectivity index (χ3v) is 5.97. The van der Waals surface area contributed by atoms with Gasteiger partial charge in [-0.25, -0.2) is 0 Å². The van der Waals surface area contributed by atoms with Crippen LogP contribution in [0.25, 0.3) is 21.5 Å². The molecule has 4 aromatic rings. The predicted octanol–water partition coefficient (Wildman–Crippen LogP) is 5.00. The maximum Gasteiger partial charge on any atom is 0.255 e. The first kappa shape index (κ1) is 18.6. The Morgan fingerprint density at radius 3 is 2.33 bits per heavy atom. The Balaban J connectivity index is 1.44. The topological polar surface area (TPSA) is 35.6 Å². The van der Waals surface area contributed by atoms with Gasteiger partial charge in [0.05, 0.1) is 0 Å². The van der Waals surface area contributed by atoms with Crippen molar-refractivity contribution in [3.05, 3.63) is 84.4 Å². The number of carbonyl (C=O) groups is 1. The van der Waals surface area contributed by atoms with Gasteiger partial charge in [-0.15, -0.1) is 0 Å². The van der Waals surface area contributed by atoms with E-state index < -0.39 is 0 Å². The molecule has 0 radical (unpaired) electrons. The summed E-state index contributed by atoms with van der Waals surface area (Å²) >= 11 is 0. The zero-order valence-electron chi connectivity index (χ0n) is 17.1. The van der Waals surface area contributed by atoms with E-state index in [1.807, 2.05) is 48.5 Å². The zero-order valence-corrected chi connectivity index (χ0v) is 17.1. The Hall–Kier alpha value is -3.37. The van der Waals surface area contributed by atoms with E-state index >= 15 is 0 Å². The lowest BCUT2D eigenvalue weighted by atomic mass is 10.0. The molecule has 0 aliphatic carbocycles. The number of anilines is 2. The molecule has 1 saturated heterocycles. The van der Waals surface area contributed by atoms with Crippen molar-refractivity contribution < 1.29 is 4.79 Å². The second kappa shape index (κ2) is 7.81. The quantitative estimate of drug-likeness (QED) is 0.530. The molecular formula is C26H25N3O. The monoisotopic (exact) mass is 395 g/mol. The summed E-state index contributed by atoms with van der Waals surface area (Å²) < 4.78 is 0. The smallest absolute Gasteiger partial charge is 0.255 e. The number of piperazine rings is 1. The van der Waals surface area contributed by atoms with Crippen molar-refractivity contribution >= 4 is 38.8 Å². The molecule has 4 aromatic carbocycles. The van der Waals surface area contributed by atoms with E-state index in [0.717, 1.165) is 53.4 Å². The van der Waals surface area contributed by atoms with Crippen LogP contribution in [0.2, 0.25) is 0 Å². The van der Waals surface area contributed by atoms with Crippen molar-refractivity contribution in [2.45, 2.75) is 0 Å². The molecule has 0 bridgehead atoms. The molecule has 0 unspecified atom stereocenters. The number of amides is 1. The molecular weight excluding hydrogens is 370 g/mol. The van der Waals surface area contributed by atoms with Crippen LogP contribution in [-0.4, -0.2) is 44.0 Å². The number of nitrogens with zero attached hydrogens (tertiary/aromatic N) is 2. The van der Waals surface area contributed by atoms with Gasteiger partial charge < -0.3 is 15.1 Å². The Morgan fingerprint density at radius 1 is 0.767 bits per heavy atom. The molecule has 1 amide bonds. The molecule has 0 atom stereocenters. The van der Waals surface area contributed by atoms with Crippen LogP contribution in [0.15, 0.2) is 78.9 Å². The number of benzene rings is 4. The minimum atomic E-state index is -0.0830. The van der Waals surface area contributed by atoms with E-state index in [1.54, 1.807) is 0 Å². The van der Waals surface area contributed by atoms with E-state index in [1.165, 1.54) is 5.69 Å². The summed E-state index contributed by atoms with van der Waals surface area (Å²) in [5.74, 6) is -0.0830. The van der Waals surface area contributed by atoms with Crippen LogP contribution in [0.5, 0.6) is 0 Å².